The zero-order chi connectivity index (χ0) is 75.8. The second-order valence-corrected chi connectivity index (χ2v) is 24.5. The van der Waals surface area contributed by atoms with E-state index in [-0.39, 0.29) is 43.1 Å². The number of hydrogen-bond donors (Lipinski definition) is 22. The van der Waals surface area contributed by atoms with Crippen molar-refractivity contribution in [3.05, 3.63) is 65.9 Å². The first-order valence-corrected chi connectivity index (χ1v) is 32.9. The maximum absolute atomic E-state index is 14.9. The van der Waals surface area contributed by atoms with Crippen LogP contribution in [0.4, 0.5) is 0 Å². The number of aliphatic hydroxyl groups is 1. The number of thiol groups is 2. The van der Waals surface area contributed by atoms with Crippen molar-refractivity contribution < 1.29 is 96.8 Å². The summed E-state index contributed by atoms with van der Waals surface area (Å²) < 4.78 is 0. The minimum absolute atomic E-state index is 0.121. The number of carbonyl (C=O) groups is 17. The molecule has 101 heavy (non-hydrogen) atoms. The van der Waals surface area contributed by atoms with Crippen LogP contribution < -0.4 is 86.7 Å². The molecule has 0 aliphatic heterocycles. The highest BCUT2D eigenvalue weighted by molar-refractivity contribution is 7.80. The normalized spacial score (nSPS) is 14.3. The summed E-state index contributed by atoms with van der Waals surface area (Å²) in [5, 5.41) is 59.3. The van der Waals surface area contributed by atoms with Crippen molar-refractivity contribution in [1.82, 2.24) is 68.8 Å². The average molecular weight is 1460 g/mol. The lowest BCUT2D eigenvalue weighted by molar-refractivity contribution is -0.139. The van der Waals surface area contributed by atoms with Gasteiger partial charge in [0.15, 0.2) is 0 Å². The van der Waals surface area contributed by atoms with Crippen molar-refractivity contribution in [1.29, 1.82) is 0 Å². The number of fused-ring (bicyclic) bond motifs is 1. The molecule has 0 radical (unpaired) electrons. The number of amides is 16. The molecule has 0 unspecified atom stereocenters. The zero-order valence-corrected chi connectivity index (χ0v) is 57.5. The number of aromatic amines is 1. The van der Waals surface area contributed by atoms with Crippen LogP contribution in [0.15, 0.2) is 54.7 Å². The number of primary amides is 4. The minimum atomic E-state index is -1.84. The molecule has 1 heterocycles. The molecule has 24 N–H and O–H groups in total. The van der Waals surface area contributed by atoms with Crippen LogP contribution in [0.1, 0.15) is 96.6 Å². The highest BCUT2D eigenvalue weighted by atomic mass is 32.1. The topological polar surface area (TPSA) is 615 Å². The van der Waals surface area contributed by atoms with Gasteiger partial charge in [-0.05, 0) is 74.3 Å². The third kappa shape index (κ3) is 30.6. The third-order valence-electron chi connectivity index (χ3n) is 15.0. The molecule has 3 aromatic rings. The van der Waals surface area contributed by atoms with E-state index in [0.29, 0.717) is 22.0 Å². The predicted octanol–water partition coefficient (Wildman–Crippen LogP) is -6.81. The summed E-state index contributed by atoms with van der Waals surface area (Å²) in [5.41, 5.74) is 22.5. The molecule has 0 fully saturated rings. The second-order valence-electron chi connectivity index (χ2n) is 23.8. The number of para-hydroxylation sites is 1. The van der Waals surface area contributed by atoms with E-state index in [4.69, 9.17) is 22.9 Å². The molecule has 0 saturated heterocycles. The summed E-state index contributed by atoms with van der Waals surface area (Å²) >= 11 is 8.29. The van der Waals surface area contributed by atoms with Gasteiger partial charge in [-0.2, -0.15) is 25.3 Å². The molecule has 1 aromatic heterocycles. The van der Waals surface area contributed by atoms with Gasteiger partial charge in [0, 0.05) is 67.6 Å². The Balaban J connectivity index is 1.98. The summed E-state index contributed by atoms with van der Waals surface area (Å²) in [4.78, 5) is 227. The van der Waals surface area contributed by atoms with Crippen LogP contribution in [0.5, 0.6) is 5.75 Å². The maximum atomic E-state index is 14.9. The number of aliphatic carboxylic acids is 1. The summed E-state index contributed by atoms with van der Waals surface area (Å²) in [6.07, 6.45) is -4.70. The predicted molar refractivity (Wildman–Crippen MR) is 365 cm³/mol. The fraction of sp³-hybridized carbons (Fsp3) is 0.500. The number of phenols is 1. The number of benzene rings is 2. The first-order valence-electron chi connectivity index (χ1n) is 31.6. The van der Waals surface area contributed by atoms with E-state index in [1.807, 2.05) is 0 Å². The zero-order valence-electron chi connectivity index (χ0n) is 55.7. The first kappa shape index (κ1) is 84.7. The number of carboxylic acid groups (broad SMARTS) is 1. The molecule has 37 nitrogen and oxygen atoms in total. The van der Waals surface area contributed by atoms with Gasteiger partial charge in [-0.25, -0.2) is 0 Å². The Bertz CT molecular complexity index is 3480. The van der Waals surface area contributed by atoms with E-state index in [1.165, 1.54) is 24.3 Å². The molecular formula is C62H89N17O20S2. The van der Waals surface area contributed by atoms with E-state index in [9.17, 15) is 96.8 Å². The number of phenolic OH excluding ortho intramolecular Hbond substituents is 1. The van der Waals surface area contributed by atoms with Crippen LogP contribution in [-0.4, -0.2) is 212 Å². The monoisotopic (exact) mass is 1460 g/mol. The van der Waals surface area contributed by atoms with Crippen LogP contribution >= 0.6 is 25.3 Å². The third-order valence-corrected chi connectivity index (χ3v) is 15.7. The van der Waals surface area contributed by atoms with Crippen LogP contribution in [0.2, 0.25) is 0 Å². The van der Waals surface area contributed by atoms with Crippen molar-refractivity contribution in [3.8, 4) is 5.75 Å². The molecule has 0 aliphatic carbocycles. The Morgan fingerprint density at radius 3 is 1.38 bits per heavy atom. The Hall–Kier alpha value is -10.6. The highest BCUT2D eigenvalue weighted by Crippen LogP contribution is 2.21. The lowest BCUT2D eigenvalue weighted by Crippen LogP contribution is -2.61. The first-order chi connectivity index (χ1) is 47.5. The number of H-pyrrole nitrogens is 1. The van der Waals surface area contributed by atoms with Crippen LogP contribution in [0.3, 0.4) is 0 Å². The summed E-state index contributed by atoms with van der Waals surface area (Å²) in [5.74, 6) is -18.8. The molecule has 0 bridgehead atoms. The molecule has 39 heteroatoms. The van der Waals surface area contributed by atoms with Crippen molar-refractivity contribution in [2.24, 2.45) is 28.9 Å². The Kier molecular flexibility index (Phi) is 35.5. The van der Waals surface area contributed by atoms with E-state index in [1.54, 1.807) is 44.3 Å². The number of rotatable bonds is 45. The smallest absolute Gasteiger partial charge is 0.303 e. The Labute approximate surface area is 589 Å². The lowest BCUT2D eigenvalue weighted by atomic mass is 9.99. The van der Waals surface area contributed by atoms with Gasteiger partial charge in [0.1, 0.15) is 66.2 Å². The van der Waals surface area contributed by atoms with Crippen molar-refractivity contribution in [2.45, 2.75) is 165 Å². The van der Waals surface area contributed by atoms with Gasteiger partial charge in [-0.15, -0.1) is 0 Å². The maximum Gasteiger partial charge on any atom is 0.303 e. The number of nitrogens with two attached hydrogens (primary N) is 4. The van der Waals surface area contributed by atoms with Gasteiger partial charge in [-0.1, -0.05) is 44.2 Å². The SMILES string of the molecule is CC(=O)N[C@@H](CS)C(=O)N[C@@H](CCC(N)=O)C(=O)N[C@H](C(=O)NCC(=O)N[C@@H](CCC(N)=O)C(=O)N[C@@H](CS)C(=O)N[C@@H](Cc1ccc(O)cc1)C(=O)N[C@@H](Cc1c[nH]c2ccccc12)C(=O)N[C@@H](CCC(C)C)C(=O)N[C@@H](CCC(=O)O)C(=O)N[C@@H](CC(N)=O)C(=O)NCC(N)=O)[C@@H](C)O. The molecule has 554 valence electrons. The van der Waals surface area contributed by atoms with Gasteiger partial charge in [0.2, 0.25) is 94.5 Å². The second kappa shape index (κ2) is 42.4. The van der Waals surface area contributed by atoms with E-state index in [0.717, 1.165) is 13.8 Å². The largest absolute Gasteiger partial charge is 0.508 e. The summed E-state index contributed by atoms with van der Waals surface area (Å²) in [6, 6.07) is -4.09. The number of aromatic hydroxyl groups is 1. The molecule has 0 saturated carbocycles. The van der Waals surface area contributed by atoms with Gasteiger partial charge >= 0.3 is 5.97 Å². The Morgan fingerprint density at radius 2 is 0.891 bits per heavy atom. The fourth-order valence-corrected chi connectivity index (χ4v) is 10.2. The highest BCUT2D eigenvalue weighted by Gasteiger charge is 2.37. The van der Waals surface area contributed by atoms with E-state index < -0.39 is 231 Å². The van der Waals surface area contributed by atoms with Crippen molar-refractivity contribution in [3.63, 3.8) is 0 Å². The van der Waals surface area contributed by atoms with Gasteiger partial charge < -0.3 is 107 Å². The van der Waals surface area contributed by atoms with Crippen LogP contribution in [0, 0.1) is 5.92 Å². The fourth-order valence-electron chi connectivity index (χ4n) is 9.65. The van der Waals surface area contributed by atoms with E-state index in [2.05, 4.69) is 94.0 Å². The van der Waals surface area contributed by atoms with Crippen molar-refractivity contribution >= 4 is 137 Å². The molecule has 11 atom stereocenters. The number of carbonyl (C=O) groups excluding carboxylic acids is 16. The number of nitrogens with one attached hydrogen (secondary N) is 13. The number of hydrogen-bond acceptors (Lipinski definition) is 21. The quantitative estimate of drug-likeness (QED) is 0.0234. The standard InChI is InChI=1S/C62H89N17O20S2/c1-29(2)9-14-38(55(92)72-40(17-20-51(88)89)56(93)77-43(23-48(65)85)53(90)68-25-49(66)86)73-59(96)42(22-33-24-67-36-8-6-5-7-35(33)36)76-58(95)41(21-32-10-12-34(82)13-11-32)75-61(98)45(28-101)78-54(91)37(15-18-46(63)83)71-50(87)26-69-62(99)52(30(3)80)79-57(94)39(16-19-47(64)84)74-60(97)44(27-100)70-31(4)81/h5-8,10-13,24,29-30,37-45,52,67,80,82,100-101H,9,14-23,25-28H2,1-4H3,(H2,63,83)(H2,64,84)(H2,65,85)(H2,66,86)(H,68,90)(H,69,99)(H,70,81)(H,71,87)(H,72,92)(H,73,96)(H,74,97)(H,75,98)(H,76,95)(H,77,93)(H,78,91)(H,79,94)(H,88,89)/t30-,37+,38+,39+,40+,41+,42+,43+,44+,45+,52+/m1/s1. The van der Waals surface area contributed by atoms with Gasteiger partial charge in [0.25, 0.3) is 0 Å². The molecule has 0 aliphatic rings. The molecule has 16 amide bonds. The molecular weight excluding hydrogens is 1370 g/mol. The Morgan fingerprint density at radius 1 is 0.455 bits per heavy atom. The number of aromatic nitrogens is 1. The number of carboxylic acids is 1. The minimum Gasteiger partial charge on any atom is -0.508 e. The summed E-state index contributed by atoms with van der Waals surface area (Å²) in [7, 11) is 0. The van der Waals surface area contributed by atoms with Gasteiger partial charge in [-0.3, -0.25) is 81.5 Å². The van der Waals surface area contributed by atoms with Crippen molar-refractivity contribution in [2.75, 3.05) is 24.6 Å². The number of aliphatic hydroxyl groups excluding tert-OH is 1. The average Bonchev–Trinajstić information content (AvgIpc) is 1.72. The molecule has 2 aromatic carbocycles. The van der Waals surface area contributed by atoms with Crippen LogP contribution in [-0.2, 0) is 94.3 Å². The molecule has 0 spiro atoms. The van der Waals surface area contributed by atoms with E-state index >= 15 is 0 Å². The summed E-state index contributed by atoms with van der Waals surface area (Å²) in [6.45, 7) is 4.13. The van der Waals surface area contributed by atoms with Gasteiger partial charge in [0.05, 0.1) is 25.6 Å². The lowest BCUT2D eigenvalue weighted by Gasteiger charge is -2.28. The molecule has 3 rings (SSSR count). The van der Waals surface area contributed by atoms with Crippen LogP contribution in [0.25, 0.3) is 10.9 Å².